The molecule has 0 saturated heterocycles. The fourth-order valence-electron chi connectivity index (χ4n) is 1.74. The first-order chi connectivity index (χ1) is 7.94. The van der Waals surface area contributed by atoms with Gasteiger partial charge in [0.2, 0.25) is 0 Å². The summed E-state index contributed by atoms with van der Waals surface area (Å²) in [5.41, 5.74) is 1.73. The van der Waals surface area contributed by atoms with Gasteiger partial charge >= 0.3 is 10.4 Å². The van der Waals surface area contributed by atoms with Crippen molar-refractivity contribution in [2.24, 2.45) is 0 Å². The molecular formula is C10H12O6S. The Labute approximate surface area is 98.7 Å². The summed E-state index contributed by atoms with van der Waals surface area (Å²) < 4.78 is 38.5. The highest BCUT2D eigenvalue weighted by molar-refractivity contribution is 7.80. The average molecular weight is 260 g/mol. The lowest BCUT2D eigenvalue weighted by atomic mass is 10.1. The van der Waals surface area contributed by atoms with Gasteiger partial charge in [0.25, 0.3) is 0 Å². The first-order valence-electron chi connectivity index (χ1n) is 5.02. The Kier molecular flexibility index (Phi) is 3.34. The highest BCUT2D eigenvalue weighted by atomic mass is 32.3. The van der Waals surface area contributed by atoms with Crippen LogP contribution in [0.15, 0.2) is 18.2 Å². The third-order valence-corrected chi connectivity index (χ3v) is 2.86. The minimum Gasteiger partial charge on any atom is -0.493 e. The van der Waals surface area contributed by atoms with Gasteiger partial charge in [0.15, 0.2) is 6.29 Å². The van der Waals surface area contributed by atoms with E-state index in [-0.39, 0.29) is 6.42 Å². The Bertz CT molecular complexity index is 510. The molecule has 17 heavy (non-hydrogen) atoms. The quantitative estimate of drug-likeness (QED) is 0.597. The number of aliphatic hydroxyl groups is 1. The summed E-state index contributed by atoms with van der Waals surface area (Å²) in [7, 11) is -4.63. The highest BCUT2D eigenvalue weighted by Gasteiger charge is 2.17. The number of rotatable bonds is 4. The first kappa shape index (κ1) is 12.3. The molecule has 7 heteroatoms. The van der Waals surface area contributed by atoms with Crippen LogP contribution in [0.5, 0.6) is 5.75 Å². The van der Waals surface area contributed by atoms with Crippen LogP contribution in [0.2, 0.25) is 0 Å². The highest BCUT2D eigenvalue weighted by Crippen LogP contribution is 2.26. The summed E-state index contributed by atoms with van der Waals surface area (Å²) in [5, 5.41) is 9.29. The predicted octanol–water partition coefficient (Wildman–Crippen LogP) is 0.302. The monoisotopic (exact) mass is 260 g/mol. The maximum atomic E-state index is 10.4. The minimum atomic E-state index is -4.63. The largest absolute Gasteiger partial charge is 0.493 e. The number of fused-ring (bicyclic) bond motifs is 1. The minimum absolute atomic E-state index is 0.0208. The van der Waals surface area contributed by atoms with Crippen LogP contribution in [-0.4, -0.2) is 31.0 Å². The molecule has 0 aliphatic carbocycles. The Morgan fingerprint density at radius 1 is 1.47 bits per heavy atom. The van der Waals surface area contributed by atoms with Crippen LogP contribution in [0.4, 0.5) is 0 Å². The van der Waals surface area contributed by atoms with Crippen LogP contribution in [0, 0.1) is 0 Å². The predicted molar refractivity (Wildman–Crippen MR) is 58.0 cm³/mol. The van der Waals surface area contributed by atoms with Crippen molar-refractivity contribution in [3.05, 3.63) is 29.3 Å². The molecule has 0 spiro atoms. The molecule has 0 radical (unpaired) electrons. The fourth-order valence-corrected chi connectivity index (χ4v) is 2.09. The molecule has 0 aromatic heterocycles. The molecule has 0 fully saturated rings. The number of benzene rings is 1. The summed E-state index contributed by atoms with van der Waals surface area (Å²) >= 11 is 0. The molecular weight excluding hydrogens is 248 g/mol. The summed E-state index contributed by atoms with van der Waals surface area (Å²) in [4.78, 5) is 0. The second-order valence-electron chi connectivity index (χ2n) is 3.72. The maximum Gasteiger partial charge on any atom is 0.399 e. The summed E-state index contributed by atoms with van der Waals surface area (Å²) in [6.45, 7) is 0.628. The molecule has 0 amide bonds. The Balaban J connectivity index is 2.04. The lowest BCUT2D eigenvalue weighted by molar-refractivity contribution is -0.0182. The lowest BCUT2D eigenvalue weighted by Crippen LogP contribution is -2.19. The van der Waals surface area contributed by atoms with Crippen molar-refractivity contribution >= 4 is 10.4 Å². The average Bonchev–Trinajstić information content (AvgIpc) is 2.61. The summed E-state index contributed by atoms with van der Waals surface area (Å²) in [6, 6.07) is 5.29. The molecule has 1 heterocycles. The molecule has 94 valence electrons. The van der Waals surface area contributed by atoms with Gasteiger partial charge in [-0.05, 0) is 17.2 Å². The van der Waals surface area contributed by atoms with Crippen molar-refractivity contribution in [3.8, 4) is 5.75 Å². The number of aliphatic hydroxyl groups excluding tert-OH is 1. The van der Waals surface area contributed by atoms with Crippen LogP contribution in [0.25, 0.3) is 0 Å². The van der Waals surface area contributed by atoms with Crippen LogP contribution < -0.4 is 4.74 Å². The van der Waals surface area contributed by atoms with E-state index in [4.69, 9.17) is 9.29 Å². The van der Waals surface area contributed by atoms with E-state index in [0.717, 1.165) is 17.7 Å². The molecule has 1 aromatic rings. The molecule has 1 aliphatic heterocycles. The molecule has 0 saturated carbocycles. The van der Waals surface area contributed by atoms with E-state index in [1.807, 2.05) is 6.07 Å². The standard InChI is InChI=1S/C10H12O6S/c11-10(16-17(12,13)14)6-7-1-2-9-8(5-7)3-4-15-9/h1-2,5,10-11H,3-4,6H2,(H,12,13,14). The maximum absolute atomic E-state index is 10.4. The second-order valence-corrected chi connectivity index (χ2v) is 4.77. The molecule has 0 bridgehead atoms. The van der Waals surface area contributed by atoms with Crippen LogP contribution in [-0.2, 0) is 27.4 Å². The summed E-state index contributed by atoms with van der Waals surface area (Å²) in [6.07, 6.45) is -0.823. The van der Waals surface area contributed by atoms with Crippen LogP contribution >= 0.6 is 0 Å². The smallest absolute Gasteiger partial charge is 0.399 e. The van der Waals surface area contributed by atoms with E-state index in [1.165, 1.54) is 0 Å². The van der Waals surface area contributed by atoms with Gasteiger partial charge in [0.05, 0.1) is 6.61 Å². The first-order valence-corrected chi connectivity index (χ1v) is 6.39. The van der Waals surface area contributed by atoms with Gasteiger partial charge in [-0.3, -0.25) is 4.55 Å². The van der Waals surface area contributed by atoms with Crippen LogP contribution in [0.3, 0.4) is 0 Å². The van der Waals surface area contributed by atoms with E-state index in [9.17, 15) is 13.5 Å². The summed E-state index contributed by atoms with van der Waals surface area (Å²) in [5.74, 6) is 0.805. The van der Waals surface area contributed by atoms with Gasteiger partial charge in [-0.15, -0.1) is 0 Å². The number of hydrogen-bond acceptors (Lipinski definition) is 5. The van der Waals surface area contributed by atoms with Gasteiger partial charge in [-0.1, -0.05) is 12.1 Å². The lowest BCUT2D eigenvalue weighted by Gasteiger charge is -2.09. The van der Waals surface area contributed by atoms with Crippen molar-refractivity contribution in [2.45, 2.75) is 19.1 Å². The van der Waals surface area contributed by atoms with E-state index in [0.29, 0.717) is 12.2 Å². The van der Waals surface area contributed by atoms with Crippen molar-refractivity contribution in [2.75, 3.05) is 6.61 Å². The molecule has 2 N–H and O–H groups in total. The number of ether oxygens (including phenoxy) is 1. The normalized spacial score (nSPS) is 16.4. The number of hydrogen-bond donors (Lipinski definition) is 2. The topological polar surface area (TPSA) is 93.1 Å². The third-order valence-electron chi connectivity index (χ3n) is 2.40. The van der Waals surface area contributed by atoms with Crippen molar-refractivity contribution < 1.29 is 27.0 Å². The zero-order valence-corrected chi connectivity index (χ0v) is 9.68. The molecule has 1 unspecified atom stereocenters. The fraction of sp³-hybridized carbons (Fsp3) is 0.400. The Hall–Kier alpha value is -1.15. The van der Waals surface area contributed by atoms with E-state index < -0.39 is 16.7 Å². The molecule has 2 rings (SSSR count). The molecule has 6 nitrogen and oxygen atoms in total. The zero-order chi connectivity index (χ0) is 12.5. The molecule has 1 aliphatic rings. The van der Waals surface area contributed by atoms with Gasteiger partial charge in [0.1, 0.15) is 5.75 Å². The van der Waals surface area contributed by atoms with Gasteiger partial charge in [-0.25, -0.2) is 4.18 Å². The van der Waals surface area contributed by atoms with Crippen molar-refractivity contribution in [3.63, 3.8) is 0 Å². The second kappa shape index (κ2) is 4.61. The zero-order valence-electron chi connectivity index (χ0n) is 8.87. The van der Waals surface area contributed by atoms with Gasteiger partial charge < -0.3 is 9.84 Å². The van der Waals surface area contributed by atoms with E-state index >= 15 is 0 Å². The molecule has 1 aromatic carbocycles. The Morgan fingerprint density at radius 3 is 2.94 bits per heavy atom. The van der Waals surface area contributed by atoms with Gasteiger partial charge in [-0.2, -0.15) is 8.42 Å². The Morgan fingerprint density at radius 2 is 2.24 bits per heavy atom. The van der Waals surface area contributed by atoms with Crippen molar-refractivity contribution in [1.29, 1.82) is 0 Å². The molecule has 1 atom stereocenters. The SMILES string of the molecule is O=S(=O)(O)OC(O)Cc1ccc2c(c1)CCO2. The van der Waals surface area contributed by atoms with Crippen LogP contribution in [0.1, 0.15) is 11.1 Å². The third kappa shape index (κ3) is 3.40. The van der Waals surface area contributed by atoms with Crippen molar-refractivity contribution in [1.82, 2.24) is 0 Å². The van der Waals surface area contributed by atoms with E-state index in [1.54, 1.807) is 12.1 Å². The van der Waals surface area contributed by atoms with E-state index in [2.05, 4.69) is 4.18 Å². The van der Waals surface area contributed by atoms with Gasteiger partial charge in [0, 0.05) is 12.8 Å².